The van der Waals surface area contributed by atoms with Gasteiger partial charge >= 0.3 is 5.97 Å². The highest BCUT2D eigenvalue weighted by Crippen LogP contribution is 2.59. The van der Waals surface area contributed by atoms with Crippen molar-refractivity contribution in [2.75, 3.05) is 11.0 Å². The summed E-state index contributed by atoms with van der Waals surface area (Å²) in [6, 6.07) is 0. The zero-order chi connectivity index (χ0) is 20.3. The summed E-state index contributed by atoms with van der Waals surface area (Å²) in [7, 11) is 0. The molecule has 0 aliphatic heterocycles. The van der Waals surface area contributed by atoms with Gasteiger partial charge < -0.3 is 9.84 Å². The highest BCUT2D eigenvalue weighted by atomic mass is 127. The van der Waals surface area contributed by atoms with Crippen molar-refractivity contribution in [2.24, 2.45) is 23.2 Å². The molecule has 1 N–H and O–H groups in total. The first kappa shape index (κ1) is 22.1. The Hall–Kier alpha value is -0.620. The number of alkyl halides is 1. The molecule has 4 heteroatoms. The van der Waals surface area contributed by atoms with Crippen LogP contribution in [0, 0.1) is 23.2 Å². The molecule has 3 rings (SSSR count). The average Bonchev–Trinajstić information content (AvgIpc) is 3.04. The van der Waals surface area contributed by atoms with Gasteiger partial charge in [0, 0.05) is 0 Å². The maximum Gasteiger partial charge on any atom is 0.315 e. The molecule has 3 aliphatic carbocycles. The fourth-order valence-corrected chi connectivity index (χ4v) is 6.21. The number of esters is 1. The average molecular weight is 498 g/mol. The Kier molecular flexibility index (Phi) is 7.46. The third-order valence-corrected chi connectivity index (χ3v) is 8.15. The number of aliphatic hydroxyl groups is 1. The van der Waals surface area contributed by atoms with Crippen LogP contribution < -0.4 is 0 Å². The Morgan fingerprint density at radius 2 is 2.14 bits per heavy atom. The molecule has 3 aliphatic rings. The third kappa shape index (κ3) is 4.75. The van der Waals surface area contributed by atoms with E-state index in [1.165, 1.54) is 43.3 Å². The summed E-state index contributed by atoms with van der Waals surface area (Å²) in [6.45, 7) is 9.48. The second-order valence-corrected chi connectivity index (χ2v) is 10.1. The summed E-state index contributed by atoms with van der Waals surface area (Å²) >= 11 is 2.06. The zero-order valence-electron chi connectivity index (χ0n) is 17.4. The predicted octanol–water partition coefficient (Wildman–Crippen LogP) is 5.77. The summed E-state index contributed by atoms with van der Waals surface area (Å²) in [6.07, 6.45) is 13.0. The minimum Gasteiger partial charge on any atom is -0.465 e. The van der Waals surface area contributed by atoms with Crippen LogP contribution in [0.4, 0.5) is 0 Å². The normalized spacial score (nSPS) is 37.1. The van der Waals surface area contributed by atoms with Gasteiger partial charge in [0.2, 0.25) is 0 Å². The van der Waals surface area contributed by atoms with E-state index in [0.29, 0.717) is 34.2 Å². The van der Waals surface area contributed by atoms with Gasteiger partial charge in [0.15, 0.2) is 0 Å². The van der Waals surface area contributed by atoms with Crippen molar-refractivity contribution < 1.29 is 14.6 Å². The number of fused-ring (bicyclic) bond motifs is 1. The first-order valence-corrected chi connectivity index (χ1v) is 12.3. The van der Waals surface area contributed by atoms with E-state index in [1.807, 2.05) is 0 Å². The number of halogens is 1. The Morgan fingerprint density at radius 3 is 2.89 bits per heavy atom. The molecule has 0 aromatic carbocycles. The van der Waals surface area contributed by atoms with E-state index in [9.17, 15) is 9.90 Å². The smallest absolute Gasteiger partial charge is 0.315 e. The van der Waals surface area contributed by atoms with Crippen LogP contribution in [-0.4, -0.2) is 28.2 Å². The second-order valence-electron chi connectivity index (χ2n) is 9.32. The summed E-state index contributed by atoms with van der Waals surface area (Å²) in [5, 5.41) is 9.99. The number of hydrogen-bond donors (Lipinski definition) is 1. The van der Waals surface area contributed by atoms with Gasteiger partial charge in [-0.15, -0.1) is 0 Å². The lowest BCUT2D eigenvalue weighted by Crippen LogP contribution is -2.37. The number of aliphatic hydroxyl groups excluding tert-OH is 1. The molecule has 0 heterocycles. The molecule has 0 bridgehead atoms. The van der Waals surface area contributed by atoms with Crippen molar-refractivity contribution in [3.63, 3.8) is 0 Å². The van der Waals surface area contributed by atoms with Crippen LogP contribution in [0.25, 0.3) is 0 Å². The molecule has 0 spiro atoms. The first-order valence-electron chi connectivity index (χ1n) is 10.8. The van der Waals surface area contributed by atoms with Gasteiger partial charge in [0.1, 0.15) is 0 Å². The topological polar surface area (TPSA) is 46.5 Å². The van der Waals surface area contributed by atoms with Gasteiger partial charge in [-0.3, -0.25) is 4.79 Å². The monoisotopic (exact) mass is 498 g/mol. The molecule has 156 valence electrons. The van der Waals surface area contributed by atoms with Crippen molar-refractivity contribution in [3.05, 3.63) is 35.5 Å². The molecule has 0 aromatic heterocycles. The number of ether oxygens (including phenoxy) is 1. The minimum absolute atomic E-state index is 0.0992. The standard InChI is InChI=1S/C24H35IO3/c1-16-6-9-20(26)13-19(16)8-7-18-5-4-12-24(3)21(10-11-22(18)24)17(2)15-28-23(27)14-25/h7-8,17,20-22,26H,1,4-6,9-15H2,2-3H3/b18-7+,19-8-/t17-,20+,21-,22+,24-/m1/s1. The maximum absolute atomic E-state index is 11.6. The van der Waals surface area contributed by atoms with E-state index >= 15 is 0 Å². The highest BCUT2D eigenvalue weighted by molar-refractivity contribution is 14.1. The van der Waals surface area contributed by atoms with Gasteiger partial charge in [-0.1, -0.05) is 66.3 Å². The first-order chi connectivity index (χ1) is 13.3. The number of carbonyl (C=O) groups excluding carboxylic acids is 1. The number of rotatable bonds is 5. The van der Waals surface area contributed by atoms with Crippen molar-refractivity contribution in [1.29, 1.82) is 0 Å². The van der Waals surface area contributed by atoms with E-state index < -0.39 is 0 Å². The fourth-order valence-electron chi connectivity index (χ4n) is 5.99. The van der Waals surface area contributed by atoms with Crippen molar-refractivity contribution in [1.82, 2.24) is 0 Å². The van der Waals surface area contributed by atoms with Gasteiger partial charge in [0.05, 0.1) is 17.1 Å². The molecule has 0 unspecified atom stereocenters. The lowest BCUT2D eigenvalue weighted by molar-refractivity contribution is -0.142. The highest BCUT2D eigenvalue weighted by Gasteiger charge is 2.50. The van der Waals surface area contributed by atoms with E-state index in [4.69, 9.17) is 4.74 Å². The molecule has 28 heavy (non-hydrogen) atoms. The van der Waals surface area contributed by atoms with Crippen LogP contribution in [-0.2, 0) is 9.53 Å². The molecule has 0 aromatic rings. The Morgan fingerprint density at radius 1 is 1.36 bits per heavy atom. The van der Waals surface area contributed by atoms with Gasteiger partial charge in [-0.2, -0.15) is 0 Å². The quantitative estimate of drug-likeness (QED) is 0.297. The van der Waals surface area contributed by atoms with E-state index in [1.54, 1.807) is 5.57 Å². The second kappa shape index (κ2) is 9.46. The Labute approximate surface area is 183 Å². The Balaban J connectivity index is 1.72. The number of hydrogen-bond acceptors (Lipinski definition) is 3. The van der Waals surface area contributed by atoms with Crippen molar-refractivity contribution in [3.8, 4) is 0 Å². The molecule has 0 radical (unpaired) electrons. The molecule has 3 nitrogen and oxygen atoms in total. The van der Waals surface area contributed by atoms with Crippen LogP contribution in [0.5, 0.6) is 0 Å². The van der Waals surface area contributed by atoms with Gasteiger partial charge in [0.25, 0.3) is 0 Å². The molecule has 3 saturated carbocycles. The van der Waals surface area contributed by atoms with E-state index in [2.05, 4.69) is 55.2 Å². The summed E-state index contributed by atoms with van der Waals surface area (Å²) in [4.78, 5) is 11.6. The fraction of sp³-hybridized carbons (Fsp3) is 0.708. The Bertz CT molecular complexity index is 665. The summed E-state index contributed by atoms with van der Waals surface area (Å²) in [5.74, 6) is 1.56. The minimum atomic E-state index is -0.214. The molecule has 5 atom stereocenters. The predicted molar refractivity (Wildman–Crippen MR) is 122 cm³/mol. The SMILES string of the molecule is C=C1CC[C@H](O)C/C1=C/C=C1\CCC[C@]2(C)[C@@H]([C@H](C)COC(=O)CI)CC[C@@H]12. The molecule has 0 saturated heterocycles. The molecule has 0 amide bonds. The lowest BCUT2D eigenvalue weighted by Gasteiger charge is -2.44. The zero-order valence-corrected chi connectivity index (χ0v) is 19.5. The lowest BCUT2D eigenvalue weighted by atomic mass is 9.61. The summed E-state index contributed by atoms with van der Waals surface area (Å²) in [5.41, 5.74) is 4.30. The largest absolute Gasteiger partial charge is 0.465 e. The van der Waals surface area contributed by atoms with Crippen molar-refractivity contribution >= 4 is 28.6 Å². The maximum atomic E-state index is 11.6. The van der Waals surface area contributed by atoms with Crippen LogP contribution in [0.3, 0.4) is 0 Å². The molecule has 3 fully saturated rings. The van der Waals surface area contributed by atoms with Gasteiger partial charge in [-0.25, -0.2) is 0 Å². The van der Waals surface area contributed by atoms with Crippen LogP contribution in [0.15, 0.2) is 35.5 Å². The third-order valence-electron chi connectivity index (χ3n) is 7.53. The van der Waals surface area contributed by atoms with Crippen molar-refractivity contribution in [2.45, 2.75) is 71.3 Å². The molecular weight excluding hydrogens is 463 g/mol. The molecular formula is C24H35IO3. The van der Waals surface area contributed by atoms with Gasteiger partial charge in [-0.05, 0) is 80.1 Å². The number of allylic oxidation sites excluding steroid dienone is 4. The van der Waals surface area contributed by atoms with Crippen LogP contribution in [0.2, 0.25) is 0 Å². The van der Waals surface area contributed by atoms with Crippen LogP contribution >= 0.6 is 22.6 Å². The van der Waals surface area contributed by atoms with Crippen LogP contribution in [0.1, 0.15) is 65.2 Å². The summed E-state index contributed by atoms with van der Waals surface area (Å²) < 4.78 is 5.89. The van der Waals surface area contributed by atoms with E-state index in [0.717, 1.165) is 19.3 Å². The number of carbonyl (C=O) groups is 1. The van der Waals surface area contributed by atoms with E-state index in [-0.39, 0.29) is 12.1 Å².